The molecule has 0 radical (unpaired) electrons. The number of carboxylic acids is 1. The summed E-state index contributed by atoms with van der Waals surface area (Å²) in [5.41, 5.74) is 4.31. The largest absolute Gasteiger partial charge is 0.481 e. The van der Waals surface area contributed by atoms with Gasteiger partial charge in [0.2, 0.25) is 11.5 Å². The van der Waals surface area contributed by atoms with Crippen LogP contribution >= 0.6 is 0 Å². The minimum Gasteiger partial charge on any atom is -0.481 e. The van der Waals surface area contributed by atoms with E-state index in [0.717, 1.165) is 22.3 Å². The van der Waals surface area contributed by atoms with E-state index >= 15 is 0 Å². The molecule has 10 nitrogen and oxygen atoms in total. The number of aromatic nitrogens is 2. The van der Waals surface area contributed by atoms with E-state index in [-0.39, 0.29) is 36.4 Å². The normalized spacial score (nSPS) is 16.6. The topological polar surface area (TPSA) is 135 Å². The number of fused-ring (bicyclic) bond motifs is 3. The van der Waals surface area contributed by atoms with Gasteiger partial charge in [-0.25, -0.2) is 9.42 Å². The molecule has 1 unspecified atom stereocenters. The highest BCUT2D eigenvalue weighted by atomic mass is 16.6. The van der Waals surface area contributed by atoms with Crippen molar-refractivity contribution in [2.24, 2.45) is 5.92 Å². The van der Waals surface area contributed by atoms with Crippen molar-refractivity contribution in [3.05, 3.63) is 65.4 Å². The van der Waals surface area contributed by atoms with Crippen molar-refractivity contribution in [2.45, 2.75) is 25.2 Å². The number of carboxylic acid groups (broad SMARTS) is 1. The van der Waals surface area contributed by atoms with Crippen molar-refractivity contribution in [1.82, 2.24) is 15.2 Å². The van der Waals surface area contributed by atoms with E-state index in [9.17, 15) is 14.4 Å². The molecule has 0 spiro atoms. The Hall–Kier alpha value is -4.21. The average Bonchev–Trinajstić information content (AvgIpc) is 3.59. The van der Waals surface area contributed by atoms with Gasteiger partial charge in [-0.1, -0.05) is 48.5 Å². The number of amides is 2. The van der Waals surface area contributed by atoms with Crippen LogP contribution in [-0.4, -0.2) is 58.0 Å². The number of benzene rings is 2. The Morgan fingerprint density at radius 3 is 2.43 bits per heavy atom. The summed E-state index contributed by atoms with van der Waals surface area (Å²) in [6, 6.07) is 16.0. The molecular formula is C25H24N4O6. The Labute approximate surface area is 200 Å². The van der Waals surface area contributed by atoms with Gasteiger partial charge in [-0.3, -0.25) is 14.9 Å². The molecule has 2 heterocycles. The van der Waals surface area contributed by atoms with Crippen molar-refractivity contribution < 1.29 is 28.9 Å². The fraction of sp³-hybridized carbons (Fsp3) is 0.320. The Bertz CT molecular complexity index is 1230. The second kappa shape index (κ2) is 9.57. The third kappa shape index (κ3) is 4.59. The zero-order valence-electron chi connectivity index (χ0n) is 18.8. The number of nitrogens with one attached hydrogen (secondary N) is 1. The maximum Gasteiger partial charge on any atom is 0.412 e. The molecule has 1 aliphatic carbocycles. The van der Waals surface area contributed by atoms with Crippen LogP contribution in [0.2, 0.25) is 0 Å². The zero-order chi connectivity index (χ0) is 24.4. The fourth-order valence-corrected chi connectivity index (χ4v) is 4.87. The molecule has 1 atom stereocenters. The number of likely N-dealkylation sites (tertiary alicyclic amines) is 1. The summed E-state index contributed by atoms with van der Waals surface area (Å²) in [6.45, 7) is 1.01. The second-order valence-corrected chi connectivity index (χ2v) is 8.75. The molecule has 5 rings (SSSR count). The summed E-state index contributed by atoms with van der Waals surface area (Å²) in [5.74, 6) is -1.39. The quantitative estimate of drug-likeness (QED) is 0.526. The third-order valence-electron chi connectivity index (χ3n) is 6.59. The van der Waals surface area contributed by atoms with Crippen molar-refractivity contribution in [3.8, 4) is 11.1 Å². The number of anilines is 1. The first-order valence-electron chi connectivity index (χ1n) is 11.5. The number of aliphatic carboxylic acids is 1. The average molecular weight is 476 g/mol. The Balaban J connectivity index is 1.21. The van der Waals surface area contributed by atoms with Crippen LogP contribution in [0.15, 0.2) is 53.2 Å². The summed E-state index contributed by atoms with van der Waals surface area (Å²) in [6.07, 6.45) is 0.505. The molecule has 1 aliphatic heterocycles. The first-order valence-corrected chi connectivity index (χ1v) is 11.5. The molecule has 0 bridgehead atoms. The van der Waals surface area contributed by atoms with E-state index in [2.05, 4.69) is 27.8 Å². The smallest absolute Gasteiger partial charge is 0.412 e. The van der Waals surface area contributed by atoms with Gasteiger partial charge in [-0.05, 0) is 51.3 Å². The van der Waals surface area contributed by atoms with Crippen LogP contribution in [0.5, 0.6) is 0 Å². The number of carbonyl (C=O) groups excluding carboxylic acids is 2. The fourth-order valence-electron chi connectivity index (χ4n) is 4.87. The van der Waals surface area contributed by atoms with E-state index in [1.165, 1.54) is 0 Å². The maximum absolute atomic E-state index is 12.9. The third-order valence-corrected chi connectivity index (χ3v) is 6.59. The predicted molar refractivity (Wildman–Crippen MR) is 124 cm³/mol. The molecule has 3 aromatic rings. The van der Waals surface area contributed by atoms with Gasteiger partial charge in [0.15, 0.2) is 0 Å². The summed E-state index contributed by atoms with van der Waals surface area (Å²) < 4.78 is 10.2. The molecule has 0 saturated carbocycles. The number of nitrogens with zero attached hydrogens (tertiary/aromatic N) is 3. The number of ether oxygens (including phenoxy) is 1. The molecule has 1 aromatic heterocycles. The van der Waals surface area contributed by atoms with Crippen LogP contribution in [0.1, 0.15) is 46.8 Å². The molecule has 1 saturated heterocycles. The lowest BCUT2D eigenvalue weighted by Gasteiger charge is -2.16. The Morgan fingerprint density at radius 1 is 1.06 bits per heavy atom. The van der Waals surface area contributed by atoms with Gasteiger partial charge < -0.3 is 14.7 Å². The molecule has 35 heavy (non-hydrogen) atoms. The standard InChI is InChI=1S/C25H24N4O6/c30-21(31)10-9-15-11-12-29(13-15)24(32)22-23(28-35-27-22)26-25(33)34-14-20-18-7-3-1-5-16(18)17-6-2-4-8-19(17)20/h1-8,15,20H,9-14H2,(H,30,31)(H,26,28,33). The first kappa shape index (κ1) is 22.6. The molecule has 10 heteroatoms. The van der Waals surface area contributed by atoms with Crippen LogP contribution in [0.3, 0.4) is 0 Å². The summed E-state index contributed by atoms with van der Waals surface area (Å²) in [5, 5.41) is 18.7. The lowest BCUT2D eigenvalue weighted by molar-refractivity contribution is -0.137. The highest BCUT2D eigenvalue weighted by Gasteiger charge is 2.32. The van der Waals surface area contributed by atoms with Gasteiger partial charge in [0.05, 0.1) is 0 Å². The van der Waals surface area contributed by atoms with Gasteiger partial charge >= 0.3 is 12.1 Å². The lowest BCUT2D eigenvalue weighted by atomic mass is 9.98. The van der Waals surface area contributed by atoms with E-state index in [0.29, 0.717) is 25.9 Å². The predicted octanol–water partition coefficient (Wildman–Crippen LogP) is 3.76. The number of hydrogen-bond donors (Lipinski definition) is 2. The van der Waals surface area contributed by atoms with E-state index < -0.39 is 18.0 Å². The molecule has 2 amide bonds. The SMILES string of the molecule is O=C(O)CCC1CCN(C(=O)c2nonc2NC(=O)OCC2c3ccccc3-c3ccccc32)C1. The van der Waals surface area contributed by atoms with Crippen molar-refractivity contribution in [2.75, 3.05) is 25.0 Å². The van der Waals surface area contributed by atoms with Crippen LogP contribution in [-0.2, 0) is 9.53 Å². The van der Waals surface area contributed by atoms with E-state index in [1.54, 1.807) is 4.90 Å². The Kier molecular flexibility index (Phi) is 6.17. The van der Waals surface area contributed by atoms with E-state index in [1.807, 2.05) is 36.4 Å². The summed E-state index contributed by atoms with van der Waals surface area (Å²) in [4.78, 5) is 37.8. The maximum atomic E-state index is 12.9. The molecule has 2 aliphatic rings. The lowest BCUT2D eigenvalue weighted by Crippen LogP contribution is -2.30. The van der Waals surface area contributed by atoms with Crippen LogP contribution in [0, 0.1) is 5.92 Å². The van der Waals surface area contributed by atoms with Crippen LogP contribution in [0.4, 0.5) is 10.6 Å². The first-order chi connectivity index (χ1) is 17.0. The van der Waals surface area contributed by atoms with Crippen molar-refractivity contribution in [3.63, 3.8) is 0 Å². The number of hydrogen-bond acceptors (Lipinski definition) is 7. The minimum absolute atomic E-state index is 0.0623. The van der Waals surface area contributed by atoms with Gasteiger partial charge in [0.25, 0.3) is 5.91 Å². The molecule has 180 valence electrons. The van der Waals surface area contributed by atoms with E-state index in [4.69, 9.17) is 14.5 Å². The summed E-state index contributed by atoms with van der Waals surface area (Å²) >= 11 is 0. The van der Waals surface area contributed by atoms with Gasteiger partial charge in [0.1, 0.15) is 6.61 Å². The van der Waals surface area contributed by atoms with Gasteiger partial charge in [-0.2, -0.15) is 0 Å². The van der Waals surface area contributed by atoms with Crippen LogP contribution in [0.25, 0.3) is 11.1 Å². The monoisotopic (exact) mass is 476 g/mol. The van der Waals surface area contributed by atoms with Crippen LogP contribution < -0.4 is 5.32 Å². The highest BCUT2D eigenvalue weighted by Crippen LogP contribution is 2.44. The number of carbonyl (C=O) groups is 3. The van der Waals surface area contributed by atoms with Crippen molar-refractivity contribution in [1.29, 1.82) is 0 Å². The highest BCUT2D eigenvalue weighted by molar-refractivity contribution is 5.99. The second-order valence-electron chi connectivity index (χ2n) is 8.75. The summed E-state index contributed by atoms with van der Waals surface area (Å²) in [7, 11) is 0. The van der Waals surface area contributed by atoms with Gasteiger partial charge in [0, 0.05) is 25.4 Å². The number of rotatable bonds is 7. The molecular weight excluding hydrogens is 452 g/mol. The zero-order valence-corrected chi connectivity index (χ0v) is 18.8. The minimum atomic E-state index is -0.856. The van der Waals surface area contributed by atoms with Crippen molar-refractivity contribution >= 4 is 23.8 Å². The van der Waals surface area contributed by atoms with Gasteiger partial charge in [-0.15, -0.1) is 0 Å². The molecule has 1 fully saturated rings. The Morgan fingerprint density at radius 2 is 1.74 bits per heavy atom. The molecule has 2 N–H and O–H groups in total. The molecule has 2 aromatic carbocycles.